The van der Waals surface area contributed by atoms with Gasteiger partial charge in [0.05, 0.1) is 37.4 Å². The predicted molar refractivity (Wildman–Crippen MR) is 188 cm³/mol. The van der Waals surface area contributed by atoms with Gasteiger partial charge in [0, 0.05) is 5.69 Å². The van der Waals surface area contributed by atoms with Crippen molar-refractivity contribution in [2.75, 3.05) is 44.7 Å². The number of benzene rings is 2. The van der Waals surface area contributed by atoms with Crippen LogP contribution in [-0.2, 0) is 4.74 Å². The Hall–Kier alpha value is -2.86. The summed E-state index contributed by atoms with van der Waals surface area (Å²) < 4.78 is 12.6. The van der Waals surface area contributed by atoms with E-state index in [-0.39, 0.29) is 11.9 Å². The summed E-state index contributed by atoms with van der Waals surface area (Å²) in [6.07, 6.45) is 19.1. The summed E-state index contributed by atoms with van der Waals surface area (Å²) in [5.74, 6) is 0.0361. The van der Waals surface area contributed by atoms with Gasteiger partial charge in [-0.15, -0.1) is 0 Å². The molecule has 0 saturated carbocycles. The SMILES string of the molecule is CCCCCCCCCCC[N+](CC)(CC)CCOC(=O)c1ccc(NC(=O)c2ccccc2OCCCCCCCC)cc1. The Labute approximate surface area is 274 Å². The van der Waals surface area contributed by atoms with Crippen molar-refractivity contribution in [3.63, 3.8) is 0 Å². The Morgan fingerprint density at radius 1 is 0.622 bits per heavy atom. The fourth-order valence-corrected chi connectivity index (χ4v) is 5.87. The van der Waals surface area contributed by atoms with Crippen LogP contribution in [0.25, 0.3) is 0 Å². The first kappa shape index (κ1) is 38.3. The van der Waals surface area contributed by atoms with Gasteiger partial charge in [-0.25, -0.2) is 4.79 Å². The van der Waals surface area contributed by atoms with E-state index >= 15 is 0 Å². The number of ether oxygens (including phenoxy) is 2. The van der Waals surface area contributed by atoms with Crippen molar-refractivity contribution in [1.82, 2.24) is 0 Å². The van der Waals surface area contributed by atoms with Crippen LogP contribution in [0.5, 0.6) is 5.75 Å². The van der Waals surface area contributed by atoms with Gasteiger partial charge in [0.15, 0.2) is 0 Å². The number of quaternary nitrogens is 1. The molecule has 252 valence electrons. The molecule has 1 amide bonds. The summed E-state index contributed by atoms with van der Waals surface area (Å²) in [6, 6.07) is 14.3. The van der Waals surface area contributed by atoms with E-state index in [9.17, 15) is 9.59 Å². The van der Waals surface area contributed by atoms with Crippen molar-refractivity contribution in [3.05, 3.63) is 59.7 Å². The number of para-hydroxylation sites is 1. The van der Waals surface area contributed by atoms with Gasteiger partial charge >= 0.3 is 5.97 Å². The molecule has 0 bridgehead atoms. The second-order valence-corrected chi connectivity index (χ2v) is 12.5. The van der Waals surface area contributed by atoms with Crippen LogP contribution >= 0.6 is 0 Å². The lowest BCUT2D eigenvalue weighted by Crippen LogP contribution is -2.50. The van der Waals surface area contributed by atoms with Gasteiger partial charge < -0.3 is 19.3 Å². The average Bonchev–Trinajstić information content (AvgIpc) is 3.06. The van der Waals surface area contributed by atoms with Crippen LogP contribution in [0.15, 0.2) is 48.5 Å². The van der Waals surface area contributed by atoms with Gasteiger partial charge in [0.25, 0.3) is 5.91 Å². The molecule has 0 atom stereocenters. The second-order valence-electron chi connectivity index (χ2n) is 12.5. The molecule has 6 nitrogen and oxygen atoms in total. The highest BCUT2D eigenvalue weighted by atomic mass is 16.5. The third kappa shape index (κ3) is 15.3. The second kappa shape index (κ2) is 23.5. The predicted octanol–water partition coefficient (Wildman–Crippen LogP) is 10.2. The smallest absolute Gasteiger partial charge is 0.338 e. The van der Waals surface area contributed by atoms with Crippen LogP contribution in [0.4, 0.5) is 5.69 Å². The Bertz CT molecular complexity index is 1060. The minimum absolute atomic E-state index is 0.232. The first-order valence-electron chi connectivity index (χ1n) is 18.1. The summed E-state index contributed by atoms with van der Waals surface area (Å²) in [5.41, 5.74) is 1.61. The number of likely N-dealkylation sites (N-methyl/N-ethyl adjacent to an activating group) is 1. The van der Waals surface area contributed by atoms with Gasteiger partial charge in [-0.3, -0.25) is 4.79 Å². The Balaban J connectivity index is 1.76. The number of unbranched alkanes of at least 4 members (excludes halogenated alkanes) is 13. The average molecular weight is 624 g/mol. The third-order valence-electron chi connectivity index (χ3n) is 9.14. The molecule has 0 aliphatic carbocycles. The fourth-order valence-electron chi connectivity index (χ4n) is 5.87. The van der Waals surface area contributed by atoms with Crippen molar-refractivity contribution >= 4 is 17.6 Å². The third-order valence-corrected chi connectivity index (χ3v) is 9.14. The summed E-state index contributed by atoms with van der Waals surface area (Å²) in [4.78, 5) is 25.8. The molecule has 0 saturated heterocycles. The van der Waals surface area contributed by atoms with Crippen molar-refractivity contribution < 1.29 is 23.5 Å². The molecule has 0 unspecified atom stereocenters. The molecule has 2 rings (SSSR count). The number of rotatable bonds is 26. The van der Waals surface area contributed by atoms with Gasteiger partial charge in [0.2, 0.25) is 0 Å². The van der Waals surface area contributed by atoms with Crippen molar-refractivity contribution in [3.8, 4) is 5.75 Å². The fraction of sp³-hybridized carbons (Fsp3) is 0.641. The zero-order chi connectivity index (χ0) is 32.6. The molecule has 1 N–H and O–H groups in total. The molecule has 2 aromatic rings. The molecule has 0 aromatic heterocycles. The zero-order valence-corrected chi connectivity index (χ0v) is 29.0. The maximum atomic E-state index is 13.0. The Morgan fingerprint density at radius 3 is 1.78 bits per heavy atom. The van der Waals surface area contributed by atoms with Crippen LogP contribution in [0.3, 0.4) is 0 Å². The molecule has 45 heavy (non-hydrogen) atoms. The molecule has 0 heterocycles. The number of nitrogens with zero attached hydrogens (tertiary/aromatic N) is 1. The number of nitrogens with one attached hydrogen (secondary N) is 1. The topological polar surface area (TPSA) is 64.6 Å². The maximum Gasteiger partial charge on any atom is 0.338 e. The monoisotopic (exact) mass is 623 g/mol. The number of amides is 1. The van der Waals surface area contributed by atoms with Gasteiger partial charge in [-0.2, -0.15) is 0 Å². The molecule has 0 radical (unpaired) electrons. The van der Waals surface area contributed by atoms with E-state index in [0.717, 1.165) is 43.5 Å². The summed E-state index contributed by atoms with van der Waals surface area (Å²) in [7, 11) is 0. The Morgan fingerprint density at radius 2 is 1.18 bits per heavy atom. The highest BCUT2D eigenvalue weighted by Crippen LogP contribution is 2.21. The number of hydrogen-bond donors (Lipinski definition) is 1. The van der Waals surface area contributed by atoms with E-state index in [2.05, 4.69) is 33.0 Å². The number of esters is 1. The quantitative estimate of drug-likeness (QED) is 0.0643. The number of anilines is 1. The largest absolute Gasteiger partial charge is 0.493 e. The van der Waals surface area contributed by atoms with Crippen LogP contribution < -0.4 is 10.1 Å². The minimum Gasteiger partial charge on any atom is -0.493 e. The summed E-state index contributed by atoms with van der Waals surface area (Å²) in [6.45, 7) is 14.1. The van der Waals surface area contributed by atoms with Crippen LogP contribution in [-0.4, -0.2) is 55.8 Å². The van der Waals surface area contributed by atoms with Crippen LogP contribution in [0, 0.1) is 0 Å². The highest BCUT2D eigenvalue weighted by Gasteiger charge is 2.23. The summed E-state index contributed by atoms with van der Waals surface area (Å²) in [5, 5.41) is 2.94. The van der Waals surface area contributed by atoms with E-state index in [4.69, 9.17) is 9.47 Å². The first-order valence-corrected chi connectivity index (χ1v) is 18.1. The molecule has 0 fully saturated rings. The highest BCUT2D eigenvalue weighted by molar-refractivity contribution is 6.06. The standard InChI is InChI=1S/C39H62N2O4/c1-5-9-11-13-15-16-17-18-22-30-41(7-3,8-4)31-33-45-39(43)34-26-28-35(29-27-34)40-38(42)36-24-20-21-25-37(36)44-32-23-19-14-12-10-6-2/h20-21,24-29H,5-19,22-23,30-33H2,1-4H3/p+1. The van der Waals surface area contributed by atoms with E-state index in [1.165, 1.54) is 83.5 Å². The van der Waals surface area contributed by atoms with E-state index in [0.29, 0.717) is 35.8 Å². The van der Waals surface area contributed by atoms with Gasteiger partial charge in [-0.1, -0.05) is 103 Å². The molecular weight excluding hydrogens is 560 g/mol. The molecule has 0 spiro atoms. The van der Waals surface area contributed by atoms with E-state index in [1.54, 1.807) is 30.3 Å². The Kier molecular flexibility index (Phi) is 20.0. The lowest BCUT2D eigenvalue weighted by atomic mass is 10.1. The minimum atomic E-state index is -0.324. The number of carbonyl (C=O) groups excluding carboxylic acids is 2. The molecular formula is C39H63N2O4+. The molecule has 2 aromatic carbocycles. The van der Waals surface area contributed by atoms with Gasteiger partial charge in [0.1, 0.15) is 18.9 Å². The molecule has 0 aliphatic rings. The summed E-state index contributed by atoms with van der Waals surface area (Å²) >= 11 is 0. The van der Waals surface area contributed by atoms with Crippen molar-refractivity contribution in [2.45, 2.75) is 124 Å². The molecule has 6 heteroatoms. The molecule has 0 aliphatic heterocycles. The number of hydrogen-bond acceptors (Lipinski definition) is 4. The lowest BCUT2D eigenvalue weighted by Gasteiger charge is -2.36. The zero-order valence-electron chi connectivity index (χ0n) is 29.0. The van der Waals surface area contributed by atoms with E-state index < -0.39 is 0 Å². The van der Waals surface area contributed by atoms with Crippen molar-refractivity contribution in [1.29, 1.82) is 0 Å². The maximum absolute atomic E-state index is 13.0. The normalized spacial score (nSPS) is 11.4. The van der Waals surface area contributed by atoms with Crippen LogP contribution in [0.1, 0.15) is 145 Å². The van der Waals surface area contributed by atoms with Gasteiger partial charge in [-0.05, 0) is 69.5 Å². The number of carbonyl (C=O) groups is 2. The lowest BCUT2D eigenvalue weighted by molar-refractivity contribution is -0.925. The van der Waals surface area contributed by atoms with Crippen molar-refractivity contribution in [2.24, 2.45) is 0 Å². The van der Waals surface area contributed by atoms with Crippen LogP contribution in [0.2, 0.25) is 0 Å². The van der Waals surface area contributed by atoms with E-state index in [1.807, 2.05) is 18.2 Å². The first-order chi connectivity index (χ1) is 22.0.